The average Bonchev–Trinajstić information content (AvgIpc) is 2.45. The van der Waals surface area contributed by atoms with Gasteiger partial charge in [0.2, 0.25) is 0 Å². The van der Waals surface area contributed by atoms with E-state index >= 15 is 0 Å². The van der Waals surface area contributed by atoms with Crippen LogP contribution in [0.1, 0.15) is 13.8 Å². The van der Waals surface area contributed by atoms with Crippen LogP contribution in [0, 0.1) is 0 Å². The van der Waals surface area contributed by atoms with Crippen LogP contribution < -0.4 is 15.4 Å². The maximum atomic E-state index is 5.93. The van der Waals surface area contributed by atoms with E-state index in [1.54, 1.807) is 13.2 Å². The third-order valence-corrected chi connectivity index (χ3v) is 2.82. The summed E-state index contributed by atoms with van der Waals surface area (Å²) in [6.07, 6.45) is -0.0404. The molecule has 0 aromatic heterocycles. The number of hydrogen-bond acceptors (Lipinski definition) is 3. The Morgan fingerprint density at radius 2 is 2.14 bits per heavy atom. The molecule has 126 valence electrons. The lowest BCUT2D eigenvalue weighted by atomic mass is 10.3. The zero-order valence-electron chi connectivity index (χ0n) is 13.3. The summed E-state index contributed by atoms with van der Waals surface area (Å²) in [5, 5.41) is 7.03. The minimum Gasteiger partial charge on any atom is -0.489 e. The molecule has 1 atom stereocenters. The molecule has 1 aromatic rings. The molecule has 5 nitrogen and oxygen atoms in total. The van der Waals surface area contributed by atoms with Crippen LogP contribution in [0.25, 0.3) is 0 Å². The number of nitrogens with zero attached hydrogens (tertiary/aromatic N) is 1. The minimum atomic E-state index is -0.0404. The molecule has 0 spiro atoms. The van der Waals surface area contributed by atoms with E-state index in [1.165, 1.54) is 0 Å². The predicted octanol–water partition coefficient (Wildman–Crippen LogP) is 2.93. The molecule has 0 fully saturated rings. The smallest absolute Gasteiger partial charge is 0.191 e. The summed E-state index contributed by atoms with van der Waals surface area (Å²) in [6, 6.07) is 7.36. The summed E-state index contributed by atoms with van der Waals surface area (Å²) >= 11 is 5.93. The summed E-state index contributed by atoms with van der Waals surface area (Å²) < 4.78 is 10.8. The Bertz CT molecular complexity index is 447. The predicted molar refractivity (Wildman–Crippen MR) is 103 cm³/mol. The number of benzene rings is 1. The second-order valence-electron chi connectivity index (χ2n) is 4.53. The van der Waals surface area contributed by atoms with Gasteiger partial charge in [-0.15, -0.1) is 24.0 Å². The van der Waals surface area contributed by atoms with Crippen molar-refractivity contribution in [1.82, 2.24) is 10.6 Å². The van der Waals surface area contributed by atoms with Crippen LogP contribution in [0.5, 0.6) is 5.75 Å². The molecular weight excluding hydrogens is 417 g/mol. The molecule has 7 heteroatoms. The first-order valence-electron chi connectivity index (χ1n) is 7.09. The number of methoxy groups -OCH3 is 1. The van der Waals surface area contributed by atoms with E-state index in [0.29, 0.717) is 24.7 Å². The van der Waals surface area contributed by atoms with Crippen LogP contribution >= 0.6 is 35.6 Å². The summed E-state index contributed by atoms with van der Waals surface area (Å²) in [6.45, 7) is 6.71. The van der Waals surface area contributed by atoms with Crippen molar-refractivity contribution in [3.63, 3.8) is 0 Å². The van der Waals surface area contributed by atoms with Gasteiger partial charge in [-0.1, -0.05) is 17.7 Å². The zero-order valence-corrected chi connectivity index (χ0v) is 16.4. The van der Waals surface area contributed by atoms with Gasteiger partial charge < -0.3 is 20.1 Å². The van der Waals surface area contributed by atoms with Gasteiger partial charge in [0.15, 0.2) is 5.96 Å². The number of aliphatic imine (C=N–C) groups is 1. The lowest BCUT2D eigenvalue weighted by molar-refractivity contribution is 0.203. The van der Waals surface area contributed by atoms with Crippen molar-refractivity contribution in [3.8, 4) is 5.75 Å². The molecule has 1 unspecified atom stereocenters. The van der Waals surface area contributed by atoms with E-state index in [1.807, 2.05) is 32.0 Å². The highest BCUT2D eigenvalue weighted by atomic mass is 127. The molecule has 1 aromatic carbocycles. The van der Waals surface area contributed by atoms with Gasteiger partial charge in [0.25, 0.3) is 0 Å². The molecule has 22 heavy (non-hydrogen) atoms. The average molecular weight is 442 g/mol. The van der Waals surface area contributed by atoms with Gasteiger partial charge in [0.1, 0.15) is 11.9 Å². The summed E-state index contributed by atoms with van der Waals surface area (Å²) in [5.74, 6) is 1.51. The van der Waals surface area contributed by atoms with Crippen molar-refractivity contribution in [1.29, 1.82) is 0 Å². The van der Waals surface area contributed by atoms with Crippen molar-refractivity contribution in [2.75, 3.05) is 33.4 Å². The van der Waals surface area contributed by atoms with Gasteiger partial charge in [0.05, 0.1) is 13.2 Å². The molecule has 1 rings (SSSR count). The van der Waals surface area contributed by atoms with Crippen LogP contribution in [0.15, 0.2) is 29.3 Å². The number of ether oxygens (including phenoxy) is 2. The Kier molecular flexibility index (Phi) is 12.4. The molecule has 0 saturated heterocycles. The molecule has 0 bridgehead atoms. The van der Waals surface area contributed by atoms with Gasteiger partial charge in [-0.2, -0.15) is 0 Å². The molecule has 0 aliphatic heterocycles. The van der Waals surface area contributed by atoms with Gasteiger partial charge in [0, 0.05) is 25.2 Å². The molecule has 0 saturated carbocycles. The van der Waals surface area contributed by atoms with E-state index in [-0.39, 0.29) is 30.1 Å². The topological polar surface area (TPSA) is 54.9 Å². The highest BCUT2D eigenvalue weighted by molar-refractivity contribution is 14.0. The van der Waals surface area contributed by atoms with Crippen molar-refractivity contribution in [2.45, 2.75) is 20.0 Å². The molecule has 0 amide bonds. The van der Waals surface area contributed by atoms with E-state index in [9.17, 15) is 0 Å². The van der Waals surface area contributed by atoms with Gasteiger partial charge in [-0.3, -0.25) is 0 Å². The van der Waals surface area contributed by atoms with Gasteiger partial charge >= 0.3 is 0 Å². The van der Waals surface area contributed by atoms with Crippen LogP contribution in [-0.4, -0.2) is 45.4 Å². The van der Waals surface area contributed by atoms with E-state index in [0.717, 1.165) is 18.3 Å². The third-order valence-electron chi connectivity index (χ3n) is 2.58. The zero-order chi connectivity index (χ0) is 15.5. The second-order valence-corrected chi connectivity index (χ2v) is 4.96. The van der Waals surface area contributed by atoms with Gasteiger partial charge in [-0.05, 0) is 32.0 Å². The fourth-order valence-electron chi connectivity index (χ4n) is 1.64. The second kappa shape index (κ2) is 12.8. The van der Waals surface area contributed by atoms with Crippen LogP contribution in [0.2, 0.25) is 5.02 Å². The van der Waals surface area contributed by atoms with Crippen molar-refractivity contribution >= 4 is 41.5 Å². The first-order valence-corrected chi connectivity index (χ1v) is 7.46. The lowest BCUT2D eigenvalue weighted by Crippen LogP contribution is -2.39. The lowest BCUT2D eigenvalue weighted by Gasteiger charge is -2.15. The summed E-state index contributed by atoms with van der Waals surface area (Å²) in [5.41, 5.74) is 0. The minimum absolute atomic E-state index is 0. The third kappa shape index (κ3) is 9.32. The van der Waals surface area contributed by atoms with E-state index < -0.39 is 0 Å². The highest BCUT2D eigenvalue weighted by Crippen LogP contribution is 2.18. The maximum Gasteiger partial charge on any atom is 0.191 e. The van der Waals surface area contributed by atoms with Gasteiger partial charge in [-0.25, -0.2) is 4.99 Å². The van der Waals surface area contributed by atoms with Crippen molar-refractivity contribution in [2.24, 2.45) is 4.99 Å². The molecule has 2 N–H and O–H groups in total. The standard InChI is InChI=1S/C15H24ClN3O2.HI/c1-4-17-15(18-8-9-20-3)19-11-12(2)21-14-7-5-6-13(16)10-14;/h5-7,10,12H,4,8-9,11H2,1-3H3,(H2,17,18,19);1H. The van der Waals surface area contributed by atoms with Crippen LogP contribution in [-0.2, 0) is 4.74 Å². The number of rotatable bonds is 8. The summed E-state index contributed by atoms with van der Waals surface area (Å²) in [4.78, 5) is 4.48. The monoisotopic (exact) mass is 441 g/mol. The maximum absolute atomic E-state index is 5.93. The number of guanidine groups is 1. The van der Waals surface area contributed by atoms with Crippen LogP contribution in [0.4, 0.5) is 0 Å². The number of halogens is 2. The number of hydrogen-bond donors (Lipinski definition) is 2. The Balaban J connectivity index is 0.00000441. The Morgan fingerprint density at radius 1 is 1.36 bits per heavy atom. The number of nitrogens with one attached hydrogen (secondary N) is 2. The van der Waals surface area contributed by atoms with Crippen molar-refractivity contribution in [3.05, 3.63) is 29.3 Å². The molecule has 0 heterocycles. The van der Waals surface area contributed by atoms with Crippen LogP contribution in [0.3, 0.4) is 0 Å². The Labute approximate surface area is 154 Å². The molecular formula is C15H25ClIN3O2. The molecule has 0 aliphatic rings. The van der Waals surface area contributed by atoms with E-state index in [2.05, 4.69) is 15.6 Å². The SMILES string of the molecule is CCNC(=NCC(C)Oc1cccc(Cl)c1)NCCOC.I. The Hall–Kier alpha value is -0.730. The first kappa shape index (κ1) is 21.3. The normalized spacial score (nSPS) is 12.3. The fourth-order valence-corrected chi connectivity index (χ4v) is 1.82. The molecule has 0 aliphatic carbocycles. The molecule has 0 radical (unpaired) electrons. The van der Waals surface area contributed by atoms with E-state index in [4.69, 9.17) is 21.1 Å². The highest BCUT2D eigenvalue weighted by Gasteiger charge is 2.05. The largest absolute Gasteiger partial charge is 0.489 e. The first-order chi connectivity index (χ1) is 10.2. The van der Waals surface area contributed by atoms with Crippen molar-refractivity contribution < 1.29 is 9.47 Å². The summed E-state index contributed by atoms with van der Waals surface area (Å²) in [7, 11) is 1.67. The fraction of sp³-hybridized carbons (Fsp3) is 0.533. The quantitative estimate of drug-likeness (QED) is 0.282. The Morgan fingerprint density at radius 3 is 2.77 bits per heavy atom.